The number of ether oxygens (including phenoxy) is 2. The van der Waals surface area contributed by atoms with Crippen molar-refractivity contribution in [2.45, 2.75) is 0 Å². The Labute approximate surface area is 114 Å². The van der Waals surface area contributed by atoms with Crippen LogP contribution in [0.4, 0.5) is 5.13 Å². The molecule has 0 radical (unpaired) electrons. The van der Waals surface area contributed by atoms with Gasteiger partial charge in [-0.1, -0.05) is 0 Å². The lowest BCUT2D eigenvalue weighted by atomic mass is 10.1. The second kappa shape index (κ2) is 4.47. The number of nitrogens with one attached hydrogen (secondary N) is 1. The van der Waals surface area contributed by atoms with Crippen molar-refractivity contribution < 1.29 is 9.47 Å². The lowest BCUT2D eigenvalue weighted by Gasteiger charge is -2.07. The Morgan fingerprint density at radius 1 is 1.21 bits per heavy atom. The van der Waals surface area contributed by atoms with Crippen LogP contribution in [0.15, 0.2) is 23.7 Å². The van der Waals surface area contributed by atoms with Gasteiger partial charge in [-0.05, 0) is 6.07 Å². The Morgan fingerprint density at radius 3 is 2.58 bits per heavy atom. The highest BCUT2D eigenvalue weighted by Gasteiger charge is 2.13. The van der Waals surface area contributed by atoms with Crippen molar-refractivity contribution in [3.05, 3.63) is 23.7 Å². The number of nitrogen functional groups attached to an aromatic ring is 1. The van der Waals surface area contributed by atoms with Crippen LogP contribution in [0.2, 0.25) is 0 Å². The van der Waals surface area contributed by atoms with Crippen molar-refractivity contribution in [2.24, 2.45) is 0 Å². The quantitative estimate of drug-likeness (QED) is 0.771. The molecule has 3 rings (SSSR count). The number of rotatable bonds is 3. The SMILES string of the molecule is COc1cc2[nH]cc(-c3csc(N)n3)c2cc1OC. The summed E-state index contributed by atoms with van der Waals surface area (Å²) in [4.78, 5) is 7.52. The number of methoxy groups -OCH3 is 2. The smallest absolute Gasteiger partial charge is 0.180 e. The second-order valence-corrected chi connectivity index (χ2v) is 4.92. The zero-order valence-electron chi connectivity index (χ0n) is 10.6. The summed E-state index contributed by atoms with van der Waals surface area (Å²) in [6.45, 7) is 0. The number of benzene rings is 1. The highest BCUT2D eigenvalue weighted by Crippen LogP contribution is 2.37. The van der Waals surface area contributed by atoms with E-state index in [1.165, 1.54) is 11.3 Å². The third-order valence-corrected chi connectivity index (χ3v) is 3.66. The number of aromatic amines is 1. The number of anilines is 1. The van der Waals surface area contributed by atoms with Gasteiger partial charge in [-0.3, -0.25) is 0 Å². The number of hydrogen-bond donors (Lipinski definition) is 2. The topological polar surface area (TPSA) is 73.2 Å². The van der Waals surface area contributed by atoms with Crippen LogP contribution in [0.5, 0.6) is 11.5 Å². The molecule has 0 saturated carbocycles. The summed E-state index contributed by atoms with van der Waals surface area (Å²) >= 11 is 1.43. The van der Waals surface area contributed by atoms with Crippen LogP contribution >= 0.6 is 11.3 Å². The fourth-order valence-corrected chi connectivity index (χ4v) is 2.64. The fourth-order valence-electron chi connectivity index (χ4n) is 2.07. The molecule has 0 aliphatic carbocycles. The molecule has 0 fully saturated rings. The largest absolute Gasteiger partial charge is 0.493 e. The summed E-state index contributed by atoms with van der Waals surface area (Å²) in [7, 11) is 3.24. The lowest BCUT2D eigenvalue weighted by molar-refractivity contribution is 0.356. The molecule has 1 aromatic carbocycles. The van der Waals surface area contributed by atoms with Crippen LogP contribution in [0.25, 0.3) is 22.2 Å². The molecule has 0 spiro atoms. The number of H-pyrrole nitrogens is 1. The first-order chi connectivity index (χ1) is 9.22. The zero-order valence-corrected chi connectivity index (χ0v) is 11.4. The maximum absolute atomic E-state index is 5.68. The van der Waals surface area contributed by atoms with Gasteiger partial charge < -0.3 is 20.2 Å². The van der Waals surface area contributed by atoms with E-state index in [0.717, 1.165) is 22.2 Å². The van der Waals surface area contributed by atoms with Crippen LogP contribution in [0, 0.1) is 0 Å². The normalized spacial score (nSPS) is 10.8. The van der Waals surface area contributed by atoms with E-state index in [1.54, 1.807) is 14.2 Å². The zero-order chi connectivity index (χ0) is 13.4. The molecule has 0 atom stereocenters. The van der Waals surface area contributed by atoms with Gasteiger partial charge in [0.15, 0.2) is 16.6 Å². The summed E-state index contributed by atoms with van der Waals surface area (Å²) in [5, 5.41) is 3.53. The first-order valence-corrected chi connectivity index (χ1v) is 6.55. The molecular formula is C13H13N3O2S. The first kappa shape index (κ1) is 11.9. The van der Waals surface area contributed by atoms with Gasteiger partial charge >= 0.3 is 0 Å². The number of aromatic nitrogens is 2. The Balaban J connectivity index is 2.22. The van der Waals surface area contributed by atoms with Crippen LogP contribution in [0.1, 0.15) is 0 Å². The molecule has 2 heterocycles. The Hall–Kier alpha value is -2.21. The summed E-state index contributed by atoms with van der Waals surface area (Å²) in [5.74, 6) is 1.39. The number of fused-ring (bicyclic) bond motifs is 1. The highest BCUT2D eigenvalue weighted by atomic mass is 32.1. The Morgan fingerprint density at radius 2 is 1.95 bits per heavy atom. The van der Waals surface area contributed by atoms with Gasteiger partial charge in [0.1, 0.15) is 0 Å². The molecule has 3 N–H and O–H groups in total. The second-order valence-electron chi connectivity index (χ2n) is 4.03. The van der Waals surface area contributed by atoms with Crippen LogP contribution < -0.4 is 15.2 Å². The number of hydrogen-bond acceptors (Lipinski definition) is 5. The van der Waals surface area contributed by atoms with E-state index in [9.17, 15) is 0 Å². The molecule has 0 amide bonds. The third kappa shape index (κ3) is 1.90. The minimum atomic E-state index is 0.560. The molecule has 0 unspecified atom stereocenters. The summed E-state index contributed by atoms with van der Waals surface area (Å²) in [6, 6.07) is 3.85. The molecule has 0 bridgehead atoms. The molecular weight excluding hydrogens is 262 g/mol. The number of thiazole rings is 1. The lowest BCUT2D eigenvalue weighted by Crippen LogP contribution is -1.90. The molecule has 5 nitrogen and oxygen atoms in total. The molecule has 3 aromatic rings. The first-order valence-electron chi connectivity index (χ1n) is 5.67. The van der Waals surface area contributed by atoms with E-state index >= 15 is 0 Å². The van der Waals surface area contributed by atoms with Gasteiger partial charge in [-0.2, -0.15) is 0 Å². The Bertz CT molecular complexity index is 733. The molecule has 0 aliphatic heterocycles. The fraction of sp³-hybridized carbons (Fsp3) is 0.154. The van der Waals surface area contributed by atoms with Gasteiger partial charge in [0.2, 0.25) is 0 Å². The molecule has 2 aromatic heterocycles. The van der Waals surface area contributed by atoms with E-state index in [-0.39, 0.29) is 0 Å². The summed E-state index contributed by atoms with van der Waals surface area (Å²) in [6.07, 6.45) is 1.91. The van der Waals surface area contributed by atoms with Crippen molar-refractivity contribution >= 4 is 27.4 Å². The monoisotopic (exact) mass is 275 g/mol. The molecule has 0 saturated heterocycles. The van der Waals surface area contributed by atoms with Crippen molar-refractivity contribution in [1.82, 2.24) is 9.97 Å². The van der Waals surface area contributed by atoms with Crippen molar-refractivity contribution in [3.8, 4) is 22.8 Å². The van der Waals surface area contributed by atoms with Crippen molar-refractivity contribution in [1.29, 1.82) is 0 Å². The molecule has 19 heavy (non-hydrogen) atoms. The average Bonchev–Trinajstić information content (AvgIpc) is 3.02. The minimum absolute atomic E-state index is 0.560. The van der Waals surface area contributed by atoms with Crippen molar-refractivity contribution in [3.63, 3.8) is 0 Å². The molecule has 0 aliphatic rings. The summed E-state index contributed by atoms with van der Waals surface area (Å²) in [5.41, 5.74) is 8.52. The van der Waals surface area contributed by atoms with Gasteiger partial charge in [-0.15, -0.1) is 11.3 Å². The molecule has 98 valence electrons. The van der Waals surface area contributed by atoms with Gasteiger partial charge in [0, 0.05) is 28.6 Å². The predicted molar refractivity (Wildman–Crippen MR) is 76.9 cm³/mol. The number of nitrogens with two attached hydrogens (primary N) is 1. The van der Waals surface area contributed by atoms with E-state index in [4.69, 9.17) is 15.2 Å². The highest BCUT2D eigenvalue weighted by molar-refractivity contribution is 7.13. The van der Waals surface area contributed by atoms with E-state index in [0.29, 0.717) is 16.6 Å². The Kier molecular flexibility index (Phi) is 2.79. The van der Waals surface area contributed by atoms with Gasteiger partial charge in [0.05, 0.1) is 25.4 Å². The van der Waals surface area contributed by atoms with Crippen LogP contribution in [0.3, 0.4) is 0 Å². The van der Waals surface area contributed by atoms with E-state index < -0.39 is 0 Å². The van der Waals surface area contributed by atoms with E-state index in [1.807, 2.05) is 23.7 Å². The van der Waals surface area contributed by atoms with Gasteiger partial charge in [-0.25, -0.2) is 4.98 Å². The van der Waals surface area contributed by atoms with Crippen LogP contribution in [-0.4, -0.2) is 24.2 Å². The minimum Gasteiger partial charge on any atom is -0.493 e. The summed E-state index contributed by atoms with van der Waals surface area (Å²) < 4.78 is 10.6. The van der Waals surface area contributed by atoms with Crippen LogP contribution in [-0.2, 0) is 0 Å². The van der Waals surface area contributed by atoms with Gasteiger partial charge in [0.25, 0.3) is 0 Å². The van der Waals surface area contributed by atoms with E-state index in [2.05, 4.69) is 9.97 Å². The predicted octanol–water partition coefficient (Wildman–Crippen LogP) is 2.89. The van der Waals surface area contributed by atoms with Crippen molar-refractivity contribution in [2.75, 3.05) is 20.0 Å². The standard InChI is InChI=1S/C13H13N3O2S/c1-17-11-3-7-8(10-6-19-13(14)16-10)5-15-9(7)4-12(11)18-2/h3-6,15H,1-2H3,(H2,14,16). The third-order valence-electron chi connectivity index (χ3n) is 2.98. The number of nitrogens with zero attached hydrogens (tertiary/aromatic N) is 1. The molecule has 6 heteroatoms. The average molecular weight is 275 g/mol. The maximum Gasteiger partial charge on any atom is 0.180 e. The maximum atomic E-state index is 5.68.